The van der Waals surface area contributed by atoms with Crippen molar-refractivity contribution in [3.8, 4) is 0 Å². The highest BCUT2D eigenvalue weighted by Crippen LogP contribution is 2.47. The van der Waals surface area contributed by atoms with E-state index in [1.165, 1.54) is 0 Å². The zero-order chi connectivity index (χ0) is 19.7. The molecule has 146 valence electrons. The van der Waals surface area contributed by atoms with Gasteiger partial charge < -0.3 is 21.1 Å². The topological polar surface area (TPSA) is 138 Å². The molecule has 0 saturated carbocycles. The monoisotopic (exact) mass is 359 g/mol. The third-order valence-corrected chi connectivity index (χ3v) is 5.09. The summed E-state index contributed by atoms with van der Waals surface area (Å²) < 4.78 is 0. The third kappa shape index (κ3) is 4.93. The Morgan fingerprint density at radius 3 is 1.64 bits per heavy atom. The summed E-state index contributed by atoms with van der Waals surface area (Å²) in [6, 6.07) is 0. The van der Waals surface area contributed by atoms with Crippen molar-refractivity contribution in [3.63, 3.8) is 0 Å². The zero-order valence-corrected chi connectivity index (χ0v) is 15.6. The molecule has 2 unspecified atom stereocenters. The van der Waals surface area contributed by atoms with Crippen molar-refractivity contribution >= 4 is 17.8 Å². The number of carbonyl (C=O) groups is 3. The molecule has 2 atom stereocenters. The summed E-state index contributed by atoms with van der Waals surface area (Å²) in [6.07, 6.45) is 3.45. The quantitative estimate of drug-likeness (QED) is 0.376. The molecule has 5 N–H and O–H groups in total. The summed E-state index contributed by atoms with van der Waals surface area (Å²) in [5.74, 6) is -5.65. The summed E-state index contributed by atoms with van der Waals surface area (Å²) in [5.41, 5.74) is 1.05. The van der Waals surface area contributed by atoms with Crippen LogP contribution >= 0.6 is 0 Å². The minimum Gasteiger partial charge on any atom is -0.481 e. The molecule has 0 aliphatic rings. The number of amides is 1. The van der Waals surface area contributed by atoms with Crippen LogP contribution in [0, 0.1) is 11.3 Å². The van der Waals surface area contributed by atoms with Gasteiger partial charge in [-0.1, -0.05) is 59.3 Å². The third-order valence-electron chi connectivity index (χ3n) is 5.09. The molecule has 0 aliphatic carbocycles. The second kappa shape index (κ2) is 10.4. The van der Waals surface area contributed by atoms with E-state index in [2.05, 4.69) is 0 Å². The van der Waals surface area contributed by atoms with Crippen molar-refractivity contribution in [3.05, 3.63) is 0 Å². The number of carbonyl (C=O) groups excluding carboxylic acids is 1. The van der Waals surface area contributed by atoms with Gasteiger partial charge in [0.05, 0.1) is 11.3 Å². The molecule has 0 bridgehead atoms. The van der Waals surface area contributed by atoms with Crippen molar-refractivity contribution in [1.82, 2.24) is 0 Å². The van der Waals surface area contributed by atoms with E-state index in [9.17, 15) is 29.7 Å². The number of unbranched alkanes of at least 4 members (excludes halogenated alkanes) is 3. The predicted molar refractivity (Wildman–Crippen MR) is 93.9 cm³/mol. The van der Waals surface area contributed by atoms with Gasteiger partial charge >= 0.3 is 11.9 Å². The molecular formula is C18H33NO6. The molecule has 0 radical (unpaired) electrons. The fourth-order valence-electron chi connectivity index (χ4n) is 3.50. The van der Waals surface area contributed by atoms with Crippen LogP contribution in [0.3, 0.4) is 0 Å². The number of rotatable bonds is 14. The molecule has 0 heterocycles. The molecule has 0 aromatic heterocycles. The van der Waals surface area contributed by atoms with Gasteiger partial charge in [0, 0.05) is 0 Å². The first-order valence-corrected chi connectivity index (χ1v) is 9.14. The van der Waals surface area contributed by atoms with E-state index in [1.807, 2.05) is 20.8 Å². The maximum atomic E-state index is 12.4. The highest BCUT2D eigenvalue weighted by molar-refractivity contribution is 5.95. The fourth-order valence-corrected chi connectivity index (χ4v) is 3.50. The molecule has 7 nitrogen and oxygen atoms in total. The van der Waals surface area contributed by atoms with Gasteiger partial charge in [-0.15, -0.1) is 0 Å². The summed E-state index contributed by atoms with van der Waals surface area (Å²) in [5, 5.41) is 30.6. The number of hydrogen-bond donors (Lipinski definition) is 4. The second-order valence-electron chi connectivity index (χ2n) is 6.76. The van der Waals surface area contributed by atoms with Gasteiger partial charge in [-0.2, -0.15) is 0 Å². The smallest absolute Gasteiger partial charge is 0.337 e. The molecule has 0 rings (SSSR count). The van der Waals surface area contributed by atoms with E-state index in [4.69, 9.17) is 5.73 Å². The number of carboxylic acids is 2. The molecule has 0 aromatic carbocycles. The number of aliphatic carboxylic acids is 2. The van der Waals surface area contributed by atoms with E-state index in [1.54, 1.807) is 0 Å². The average Bonchev–Trinajstić information content (AvgIpc) is 2.54. The first-order chi connectivity index (χ1) is 11.7. The number of nitrogens with two attached hydrogens (primary N) is 1. The molecular weight excluding hydrogens is 326 g/mol. The molecule has 0 spiro atoms. The SMILES string of the molecule is CCCCC(C(=O)O)C(O)(C(=O)O)C(CCCC)(CCCC)C(N)=O. The van der Waals surface area contributed by atoms with E-state index in [0.717, 1.165) is 0 Å². The number of aliphatic hydroxyl groups is 1. The van der Waals surface area contributed by atoms with Crippen molar-refractivity contribution < 1.29 is 29.7 Å². The second-order valence-corrected chi connectivity index (χ2v) is 6.76. The number of primary amides is 1. The van der Waals surface area contributed by atoms with Crippen LogP contribution in [0.25, 0.3) is 0 Å². The highest BCUT2D eigenvalue weighted by Gasteiger charge is 2.64. The van der Waals surface area contributed by atoms with Crippen molar-refractivity contribution in [2.45, 2.75) is 84.2 Å². The maximum absolute atomic E-state index is 12.4. The highest BCUT2D eigenvalue weighted by atomic mass is 16.4. The predicted octanol–water partition coefficient (Wildman–Crippen LogP) is 2.55. The number of hydrogen-bond acceptors (Lipinski definition) is 4. The minimum absolute atomic E-state index is 0.0259. The molecule has 0 saturated heterocycles. The fraction of sp³-hybridized carbons (Fsp3) is 0.833. The largest absolute Gasteiger partial charge is 0.481 e. The van der Waals surface area contributed by atoms with Crippen LogP contribution in [0.1, 0.15) is 78.6 Å². The van der Waals surface area contributed by atoms with Crippen LogP contribution in [0.2, 0.25) is 0 Å². The normalized spacial score (nSPS) is 15.4. The standard InChI is InChI=1S/C18H33NO6/c1-4-7-10-13(14(20)21)18(25,16(23)24)17(15(19)22,11-8-5-2)12-9-6-3/h13,25H,4-12H2,1-3H3,(H2,19,22)(H,20,21)(H,23,24). The van der Waals surface area contributed by atoms with E-state index in [-0.39, 0.29) is 19.3 Å². The lowest BCUT2D eigenvalue weighted by Gasteiger charge is -2.45. The molecule has 1 amide bonds. The first kappa shape index (κ1) is 23.4. The lowest BCUT2D eigenvalue weighted by molar-refractivity contribution is -0.200. The van der Waals surface area contributed by atoms with Crippen LogP contribution in [0.5, 0.6) is 0 Å². The molecule has 7 heteroatoms. The maximum Gasteiger partial charge on any atom is 0.337 e. The Labute approximate surface area is 149 Å². The molecule has 0 aliphatic heterocycles. The summed E-state index contributed by atoms with van der Waals surface area (Å²) in [7, 11) is 0. The van der Waals surface area contributed by atoms with Gasteiger partial charge in [-0.3, -0.25) is 9.59 Å². The van der Waals surface area contributed by atoms with Gasteiger partial charge in [0.2, 0.25) is 5.91 Å². The minimum atomic E-state index is -2.73. The lowest BCUT2D eigenvalue weighted by Crippen LogP contribution is -2.65. The van der Waals surface area contributed by atoms with E-state index < -0.39 is 34.8 Å². The Kier molecular flexibility index (Phi) is 9.70. The summed E-state index contributed by atoms with van der Waals surface area (Å²) in [4.78, 5) is 36.3. The first-order valence-electron chi connectivity index (χ1n) is 9.14. The average molecular weight is 359 g/mol. The van der Waals surface area contributed by atoms with Crippen LogP contribution in [-0.4, -0.2) is 38.8 Å². The van der Waals surface area contributed by atoms with E-state index in [0.29, 0.717) is 38.5 Å². The van der Waals surface area contributed by atoms with Gasteiger partial charge in [0.25, 0.3) is 0 Å². The Balaban J connectivity index is 6.37. The van der Waals surface area contributed by atoms with Crippen molar-refractivity contribution in [1.29, 1.82) is 0 Å². The van der Waals surface area contributed by atoms with Gasteiger partial charge in [0.15, 0.2) is 5.60 Å². The van der Waals surface area contributed by atoms with Crippen LogP contribution in [-0.2, 0) is 14.4 Å². The lowest BCUT2D eigenvalue weighted by atomic mass is 9.59. The molecule has 0 aromatic rings. The number of carboxylic acid groups (broad SMARTS) is 2. The van der Waals surface area contributed by atoms with Gasteiger partial charge in [-0.25, -0.2) is 4.79 Å². The Hall–Kier alpha value is -1.63. The van der Waals surface area contributed by atoms with Crippen LogP contribution in [0.4, 0.5) is 0 Å². The molecule has 25 heavy (non-hydrogen) atoms. The van der Waals surface area contributed by atoms with Gasteiger partial charge in [0.1, 0.15) is 0 Å². The summed E-state index contributed by atoms with van der Waals surface area (Å²) >= 11 is 0. The van der Waals surface area contributed by atoms with Crippen LogP contribution in [0.15, 0.2) is 0 Å². The summed E-state index contributed by atoms with van der Waals surface area (Å²) in [6.45, 7) is 5.59. The zero-order valence-electron chi connectivity index (χ0n) is 15.6. The Morgan fingerprint density at radius 1 is 0.920 bits per heavy atom. The van der Waals surface area contributed by atoms with Gasteiger partial charge in [-0.05, 0) is 19.3 Å². The van der Waals surface area contributed by atoms with E-state index >= 15 is 0 Å². The van der Waals surface area contributed by atoms with Crippen molar-refractivity contribution in [2.75, 3.05) is 0 Å². The van der Waals surface area contributed by atoms with Crippen molar-refractivity contribution in [2.24, 2.45) is 17.1 Å². The molecule has 0 fully saturated rings. The van der Waals surface area contributed by atoms with Crippen LogP contribution < -0.4 is 5.73 Å². The Bertz CT molecular complexity index is 456. The Morgan fingerprint density at radius 2 is 1.36 bits per heavy atom.